The van der Waals surface area contributed by atoms with Gasteiger partial charge in [0.05, 0.1) is 0 Å². The van der Waals surface area contributed by atoms with Crippen LogP contribution < -0.4 is 0 Å². The summed E-state index contributed by atoms with van der Waals surface area (Å²) in [6.07, 6.45) is 0.964. The van der Waals surface area contributed by atoms with Gasteiger partial charge in [0.15, 0.2) is 0 Å². The summed E-state index contributed by atoms with van der Waals surface area (Å²) in [5.74, 6) is 0.0183. The number of aldehydes is 1. The summed E-state index contributed by atoms with van der Waals surface area (Å²) in [4.78, 5) is 10.4. The van der Waals surface area contributed by atoms with Crippen LogP contribution in [0.2, 0.25) is 0 Å². The molecule has 0 fully saturated rings. The normalized spacial score (nSPS) is 12.5. The van der Waals surface area contributed by atoms with Gasteiger partial charge in [0, 0.05) is 9.49 Å². The highest BCUT2D eigenvalue weighted by Gasteiger charge is 2.02. The molecule has 1 atom stereocenters. The molecule has 0 amide bonds. The molecule has 2 heteroatoms. The predicted molar refractivity (Wildman–Crippen MR) is 53.6 cm³/mol. The highest BCUT2D eigenvalue weighted by atomic mass is 127. The Hall–Kier alpha value is -0.380. The van der Waals surface area contributed by atoms with Gasteiger partial charge in [0.1, 0.15) is 6.29 Å². The van der Waals surface area contributed by atoms with Crippen LogP contribution in [-0.2, 0) is 4.79 Å². The Morgan fingerprint density at radius 1 is 1.55 bits per heavy atom. The van der Waals surface area contributed by atoms with Crippen LogP contribution in [0.1, 0.15) is 18.4 Å². The molecule has 0 bridgehead atoms. The van der Waals surface area contributed by atoms with Crippen LogP contribution in [0.4, 0.5) is 0 Å². The van der Waals surface area contributed by atoms with E-state index in [0.29, 0.717) is 0 Å². The number of hydrogen-bond acceptors (Lipinski definition) is 1. The van der Waals surface area contributed by atoms with E-state index in [-0.39, 0.29) is 5.92 Å². The lowest BCUT2D eigenvalue weighted by Gasteiger charge is -2.02. The molecule has 0 radical (unpaired) electrons. The van der Waals surface area contributed by atoms with Gasteiger partial charge in [0.25, 0.3) is 0 Å². The van der Waals surface area contributed by atoms with Crippen molar-refractivity contribution in [3.8, 4) is 0 Å². The van der Waals surface area contributed by atoms with Crippen molar-refractivity contribution in [3.05, 3.63) is 33.4 Å². The summed E-state index contributed by atoms with van der Waals surface area (Å²) in [6.45, 7) is 1.90. The molecule has 1 rings (SSSR count). The monoisotopic (exact) mass is 260 g/mol. The Kier molecular flexibility index (Phi) is 3.05. The van der Waals surface area contributed by atoms with Crippen molar-refractivity contribution < 1.29 is 4.79 Å². The van der Waals surface area contributed by atoms with Gasteiger partial charge in [-0.2, -0.15) is 0 Å². The fraction of sp³-hybridized carbons (Fsp3) is 0.222. The largest absolute Gasteiger partial charge is 0.303 e. The van der Waals surface area contributed by atoms with E-state index >= 15 is 0 Å². The molecule has 0 saturated heterocycles. The summed E-state index contributed by atoms with van der Waals surface area (Å²) in [5.41, 5.74) is 1.09. The molecule has 0 spiro atoms. The van der Waals surface area contributed by atoms with Crippen LogP contribution in [0, 0.1) is 3.57 Å². The molecule has 11 heavy (non-hydrogen) atoms. The van der Waals surface area contributed by atoms with Crippen LogP contribution in [-0.4, -0.2) is 6.29 Å². The summed E-state index contributed by atoms with van der Waals surface area (Å²) in [7, 11) is 0. The number of rotatable bonds is 2. The van der Waals surface area contributed by atoms with Crippen LogP contribution in [0.25, 0.3) is 0 Å². The lowest BCUT2D eigenvalue weighted by atomic mass is 10.0. The van der Waals surface area contributed by atoms with E-state index in [0.717, 1.165) is 11.8 Å². The first-order valence-electron chi connectivity index (χ1n) is 3.45. The van der Waals surface area contributed by atoms with E-state index in [2.05, 4.69) is 22.6 Å². The molecule has 0 aliphatic carbocycles. The zero-order valence-electron chi connectivity index (χ0n) is 6.25. The average molecular weight is 260 g/mol. The Labute approximate surface area is 79.9 Å². The third-order valence-corrected chi connectivity index (χ3v) is 2.25. The average Bonchev–Trinajstić information content (AvgIpc) is 2.03. The van der Waals surface area contributed by atoms with E-state index in [1.54, 1.807) is 0 Å². The van der Waals surface area contributed by atoms with E-state index in [9.17, 15) is 4.79 Å². The van der Waals surface area contributed by atoms with Gasteiger partial charge >= 0.3 is 0 Å². The third-order valence-electron chi connectivity index (χ3n) is 1.58. The Balaban J connectivity index is 2.95. The summed E-state index contributed by atoms with van der Waals surface area (Å²) >= 11 is 2.24. The van der Waals surface area contributed by atoms with Gasteiger partial charge in [-0.05, 0) is 40.3 Å². The molecule has 0 aromatic heterocycles. The molecular formula is C9H9IO. The molecule has 0 aliphatic rings. The quantitative estimate of drug-likeness (QED) is 0.590. The van der Waals surface area contributed by atoms with Crippen LogP contribution in [0.15, 0.2) is 24.3 Å². The van der Waals surface area contributed by atoms with Crippen molar-refractivity contribution in [1.29, 1.82) is 0 Å². The lowest BCUT2D eigenvalue weighted by Crippen LogP contribution is -1.93. The highest BCUT2D eigenvalue weighted by molar-refractivity contribution is 14.1. The molecule has 1 nitrogen and oxygen atoms in total. The Morgan fingerprint density at radius 3 is 2.82 bits per heavy atom. The van der Waals surface area contributed by atoms with Gasteiger partial charge in [-0.1, -0.05) is 19.1 Å². The minimum absolute atomic E-state index is 0.0183. The third kappa shape index (κ3) is 2.29. The van der Waals surface area contributed by atoms with Crippen LogP contribution >= 0.6 is 22.6 Å². The topological polar surface area (TPSA) is 17.1 Å². The number of hydrogen-bond donors (Lipinski definition) is 0. The molecule has 0 saturated carbocycles. The predicted octanol–water partition coefficient (Wildman–Crippen LogP) is 2.59. The summed E-state index contributed by atoms with van der Waals surface area (Å²) < 4.78 is 1.17. The van der Waals surface area contributed by atoms with E-state index in [1.165, 1.54) is 3.57 Å². The van der Waals surface area contributed by atoms with Crippen molar-refractivity contribution in [2.75, 3.05) is 0 Å². The first kappa shape index (κ1) is 8.71. The maximum atomic E-state index is 10.4. The number of carbonyl (C=O) groups is 1. The fourth-order valence-corrected chi connectivity index (χ4v) is 1.44. The minimum Gasteiger partial charge on any atom is -0.303 e. The smallest absolute Gasteiger partial charge is 0.127 e. The standard InChI is InChI=1S/C9H9IO/c1-7(6-11)8-3-2-4-9(10)5-8/h2-7H,1H3. The van der Waals surface area contributed by atoms with Crippen molar-refractivity contribution >= 4 is 28.9 Å². The van der Waals surface area contributed by atoms with Gasteiger partial charge in [-0.25, -0.2) is 0 Å². The molecule has 0 heterocycles. The minimum atomic E-state index is 0.0183. The number of carbonyl (C=O) groups excluding carboxylic acids is 1. The van der Waals surface area contributed by atoms with Crippen LogP contribution in [0.3, 0.4) is 0 Å². The van der Waals surface area contributed by atoms with Gasteiger partial charge in [-0.3, -0.25) is 0 Å². The maximum Gasteiger partial charge on any atom is 0.127 e. The summed E-state index contributed by atoms with van der Waals surface area (Å²) in [5, 5.41) is 0. The highest BCUT2D eigenvalue weighted by Crippen LogP contribution is 2.15. The maximum absolute atomic E-state index is 10.4. The Morgan fingerprint density at radius 2 is 2.27 bits per heavy atom. The van der Waals surface area contributed by atoms with E-state index < -0.39 is 0 Å². The van der Waals surface area contributed by atoms with Crippen molar-refractivity contribution in [1.82, 2.24) is 0 Å². The van der Waals surface area contributed by atoms with E-state index in [4.69, 9.17) is 0 Å². The molecule has 0 N–H and O–H groups in total. The van der Waals surface area contributed by atoms with Crippen LogP contribution in [0.5, 0.6) is 0 Å². The summed E-state index contributed by atoms with van der Waals surface area (Å²) in [6, 6.07) is 7.99. The molecular weight excluding hydrogens is 251 g/mol. The molecule has 0 aliphatic heterocycles. The second-order valence-corrected chi connectivity index (χ2v) is 3.73. The van der Waals surface area contributed by atoms with Gasteiger partial charge < -0.3 is 4.79 Å². The number of halogens is 1. The molecule has 1 aromatic carbocycles. The SMILES string of the molecule is CC(C=O)c1cccc(I)c1. The van der Waals surface area contributed by atoms with Crippen molar-refractivity contribution in [2.24, 2.45) is 0 Å². The fourth-order valence-electron chi connectivity index (χ4n) is 0.868. The van der Waals surface area contributed by atoms with Gasteiger partial charge in [0.2, 0.25) is 0 Å². The molecule has 1 unspecified atom stereocenters. The first-order valence-corrected chi connectivity index (χ1v) is 4.52. The number of benzene rings is 1. The Bertz CT molecular complexity index is 257. The zero-order chi connectivity index (χ0) is 8.27. The lowest BCUT2D eigenvalue weighted by molar-refractivity contribution is -0.108. The second-order valence-electron chi connectivity index (χ2n) is 2.48. The first-order chi connectivity index (χ1) is 5.24. The zero-order valence-corrected chi connectivity index (χ0v) is 8.41. The molecule has 1 aromatic rings. The van der Waals surface area contributed by atoms with Crippen molar-refractivity contribution in [3.63, 3.8) is 0 Å². The molecule has 58 valence electrons. The van der Waals surface area contributed by atoms with E-state index in [1.807, 2.05) is 31.2 Å². The van der Waals surface area contributed by atoms with Gasteiger partial charge in [-0.15, -0.1) is 0 Å². The van der Waals surface area contributed by atoms with Crippen molar-refractivity contribution in [2.45, 2.75) is 12.8 Å². The second kappa shape index (κ2) is 3.85.